The van der Waals surface area contributed by atoms with E-state index < -0.39 is 0 Å². The van der Waals surface area contributed by atoms with E-state index in [0.29, 0.717) is 0 Å². The lowest BCUT2D eigenvalue weighted by Gasteiger charge is -2.25. The maximum absolute atomic E-state index is 12.8. The zero-order valence-corrected chi connectivity index (χ0v) is 11.9. The first-order chi connectivity index (χ1) is 9.24. The topological polar surface area (TPSA) is 15.3 Å². The van der Waals surface area contributed by atoms with Crippen LogP contribution < -0.4 is 5.32 Å². The minimum Gasteiger partial charge on any atom is -0.317 e. The van der Waals surface area contributed by atoms with Gasteiger partial charge in [0.2, 0.25) is 0 Å². The van der Waals surface area contributed by atoms with Crippen molar-refractivity contribution in [3.8, 4) is 0 Å². The molecule has 2 nitrogen and oxygen atoms in total. The van der Waals surface area contributed by atoms with Gasteiger partial charge in [-0.25, -0.2) is 4.39 Å². The quantitative estimate of drug-likeness (QED) is 0.850. The van der Waals surface area contributed by atoms with Gasteiger partial charge in [0.25, 0.3) is 0 Å². The lowest BCUT2D eigenvalue weighted by atomic mass is 9.94. The summed E-state index contributed by atoms with van der Waals surface area (Å²) in [6.07, 6.45) is 4.96. The van der Waals surface area contributed by atoms with Crippen molar-refractivity contribution in [2.75, 3.05) is 33.2 Å². The van der Waals surface area contributed by atoms with Crippen molar-refractivity contribution >= 4 is 0 Å². The molecule has 0 amide bonds. The Kier molecular flexibility index (Phi) is 5.80. The van der Waals surface area contributed by atoms with Gasteiger partial charge in [-0.05, 0) is 76.0 Å². The molecule has 0 radical (unpaired) electrons. The van der Waals surface area contributed by atoms with Crippen molar-refractivity contribution in [3.05, 3.63) is 35.6 Å². The standard InChI is InChI=1S/C16H25FN2/c1-19(13-9-15-6-10-18-11-7-15)12-8-14-2-4-16(17)5-3-14/h2-5,15,18H,6-13H2,1H3. The fourth-order valence-corrected chi connectivity index (χ4v) is 2.66. The van der Waals surface area contributed by atoms with Crippen LogP contribution in [0.5, 0.6) is 0 Å². The van der Waals surface area contributed by atoms with Gasteiger partial charge in [-0.2, -0.15) is 0 Å². The van der Waals surface area contributed by atoms with Crippen molar-refractivity contribution in [1.29, 1.82) is 0 Å². The van der Waals surface area contributed by atoms with Crippen LogP contribution in [0.1, 0.15) is 24.8 Å². The Morgan fingerprint density at radius 1 is 1.16 bits per heavy atom. The average molecular weight is 264 g/mol. The van der Waals surface area contributed by atoms with E-state index in [1.54, 1.807) is 12.1 Å². The van der Waals surface area contributed by atoms with Gasteiger partial charge in [-0.1, -0.05) is 12.1 Å². The highest BCUT2D eigenvalue weighted by atomic mass is 19.1. The molecular formula is C16H25FN2. The molecule has 0 saturated carbocycles. The first-order valence-corrected chi connectivity index (χ1v) is 7.38. The average Bonchev–Trinajstić information content (AvgIpc) is 2.45. The van der Waals surface area contributed by atoms with Crippen LogP contribution in [0, 0.1) is 11.7 Å². The molecule has 0 aromatic heterocycles. The van der Waals surface area contributed by atoms with Crippen molar-refractivity contribution in [3.63, 3.8) is 0 Å². The molecule has 19 heavy (non-hydrogen) atoms. The molecule has 0 bridgehead atoms. The van der Waals surface area contributed by atoms with Crippen LogP contribution in [-0.4, -0.2) is 38.1 Å². The number of benzene rings is 1. The second-order valence-electron chi connectivity index (χ2n) is 5.66. The number of piperidine rings is 1. The van der Waals surface area contributed by atoms with Gasteiger partial charge < -0.3 is 10.2 Å². The molecule has 1 N–H and O–H groups in total. The maximum Gasteiger partial charge on any atom is 0.123 e. The smallest absolute Gasteiger partial charge is 0.123 e. The minimum absolute atomic E-state index is 0.150. The van der Waals surface area contributed by atoms with Crippen molar-refractivity contribution in [1.82, 2.24) is 10.2 Å². The van der Waals surface area contributed by atoms with Gasteiger partial charge in [0.05, 0.1) is 0 Å². The van der Waals surface area contributed by atoms with E-state index in [2.05, 4.69) is 17.3 Å². The Bertz CT molecular complexity index is 358. The molecule has 1 aliphatic heterocycles. The zero-order chi connectivity index (χ0) is 13.5. The molecule has 1 aromatic rings. The Morgan fingerprint density at radius 2 is 1.84 bits per heavy atom. The Morgan fingerprint density at radius 3 is 2.53 bits per heavy atom. The van der Waals surface area contributed by atoms with Gasteiger partial charge in [0.15, 0.2) is 0 Å². The van der Waals surface area contributed by atoms with Crippen molar-refractivity contribution < 1.29 is 4.39 Å². The molecule has 0 spiro atoms. The molecule has 3 heteroatoms. The molecule has 0 atom stereocenters. The number of hydrogen-bond acceptors (Lipinski definition) is 2. The lowest BCUT2D eigenvalue weighted by molar-refractivity contribution is 0.273. The Labute approximate surface area is 116 Å². The summed E-state index contributed by atoms with van der Waals surface area (Å²) in [4.78, 5) is 2.39. The van der Waals surface area contributed by atoms with Gasteiger partial charge in [-0.3, -0.25) is 0 Å². The normalized spacial score (nSPS) is 17.0. The summed E-state index contributed by atoms with van der Waals surface area (Å²) in [6.45, 7) is 4.59. The minimum atomic E-state index is -0.150. The number of likely N-dealkylation sites (N-methyl/N-ethyl adjacent to an activating group) is 1. The number of nitrogens with zero attached hydrogens (tertiary/aromatic N) is 1. The summed E-state index contributed by atoms with van der Waals surface area (Å²) in [5.41, 5.74) is 1.22. The molecule has 1 aliphatic rings. The molecule has 1 fully saturated rings. The molecule has 0 aliphatic carbocycles. The zero-order valence-electron chi connectivity index (χ0n) is 11.9. The molecule has 2 rings (SSSR count). The molecule has 1 heterocycles. The summed E-state index contributed by atoms with van der Waals surface area (Å²) in [6, 6.07) is 6.86. The van der Waals surface area contributed by atoms with Gasteiger partial charge >= 0.3 is 0 Å². The highest BCUT2D eigenvalue weighted by Gasteiger charge is 2.13. The van der Waals surface area contributed by atoms with Crippen LogP contribution in [0.15, 0.2) is 24.3 Å². The fraction of sp³-hybridized carbons (Fsp3) is 0.625. The van der Waals surface area contributed by atoms with Gasteiger partial charge in [0.1, 0.15) is 5.82 Å². The predicted octanol–water partition coefficient (Wildman–Crippen LogP) is 2.69. The molecular weight excluding hydrogens is 239 g/mol. The molecule has 1 aromatic carbocycles. The monoisotopic (exact) mass is 264 g/mol. The molecule has 0 unspecified atom stereocenters. The number of rotatable bonds is 6. The van der Waals surface area contributed by atoms with Crippen LogP contribution in [0.25, 0.3) is 0 Å². The van der Waals surface area contributed by atoms with E-state index >= 15 is 0 Å². The van der Waals surface area contributed by atoms with Crippen LogP contribution in [0.3, 0.4) is 0 Å². The summed E-state index contributed by atoms with van der Waals surface area (Å²) in [5.74, 6) is 0.748. The van der Waals surface area contributed by atoms with E-state index in [-0.39, 0.29) is 5.82 Å². The van der Waals surface area contributed by atoms with Gasteiger partial charge in [0, 0.05) is 6.54 Å². The summed E-state index contributed by atoms with van der Waals surface area (Å²) >= 11 is 0. The largest absolute Gasteiger partial charge is 0.317 e. The summed E-state index contributed by atoms with van der Waals surface area (Å²) in [7, 11) is 2.19. The second-order valence-corrected chi connectivity index (χ2v) is 5.66. The van der Waals surface area contributed by atoms with Crippen molar-refractivity contribution in [2.24, 2.45) is 5.92 Å². The third-order valence-corrected chi connectivity index (χ3v) is 4.07. The first-order valence-electron chi connectivity index (χ1n) is 7.38. The summed E-state index contributed by atoms with van der Waals surface area (Å²) in [5, 5.41) is 3.41. The van der Waals surface area contributed by atoms with Crippen LogP contribution >= 0.6 is 0 Å². The number of halogens is 1. The van der Waals surface area contributed by atoms with Gasteiger partial charge in [-0.15, -0.1) is 0 Å². The highest BCUT2D eigenvalue weighted by molar-refractivity contribution is 5.16. The van der Waals surface area contributed by atoms with Crippen LogP contribution in [0.2, 0.25) is 0 Å². The van der Waals surface area contributed by atoms with E-state index in [9.17, 15) is 4.39 Å². The third-order valence-electron chi connectivity index (χ3n) is 4.07. The van der Waals surface area contributed by atoms with E-state index in [4.69, 9.17) is 0 Å². The summed E-state index contributed by atoms with van der Waals surface area (Å²) < 4.78 is 12.8. The predicted molar refractivity (Wildman–Crippen MR) is 77.8 cm³/mol. The first kappa shape index (κ1) is 14.5. The van der Waals surface area contributed by atoms with E-state index in [1.807, 2.05) is 12.1 Å². The van der Waals surface area contributed by atoms with E-state index in [0.717, 1.165) is 18.9 Å². The Balaban J connectivity index is 1.63. The fourth-order valence-electron chi connectivity index (χ4n) is 2.66. The number of nitrogens with one attached hydrogen (secondary N) is 1. The lowest BCUT2D eigenvalue weighted by Crippen LogP contribution is -2.30. The van der Waals surface area contributed by atoms with Crippen LogP contribution in [0.4, 0.5) is 4.39 Å². The van der Waals surface area contributed by atoms with E-state index in [1.165, 1.54) is 44.5 Å². The molecule has 1 saturated heterocycles. The maximum atomic E-state index is 12.8. The second kappa shape index (κ2) is 7.61. The van der Waals surface area contributed by atoms with Crippen LogP contribution in [-0.2, 0) is 6.42 Å². The van der Waals surface area contributed by atoms with Crippen molar-refractivity contribution in [2.45, 2.75) is 25.7 Å². The number of hydrogen-bond donors (Lipinski definition) is 1. The highest BCUT2D eigenvalue weighted by Crippen LogP contribution is 2.16. The molecule has 106 valence electrons. The SMILES string of the molecule is CN(CCc1ccc(F)cc1)CCC1CCNCC1. The Hall–Kier alpha value is -0.930. The third kappa shape index (κ3) is 5.29.